The summed E-state index contributed by atoms with van der Waals surface area (Å²) in [6, 6.07) is 0. The first-order valence-electron chi connectivity index (χ1n) is 7.10. The first-order chi connectivity index (χ1) is 8.90. The van der Waals surface area contributed by atoms with Crippen LogP contribution in [0.1, 0.15) is 27.2 Å². The smallest absolute Gasteiger partial charge is 0.310 e. The van der Waals surface area contributed by atoms with Gasteiger partial charge in [-0.15, -0.1) is 0 Å². The van der Waals surface area contributed by atoms with Crippen molar-refractivity contribution in [2.45, 2.75) is 39.4 Å². The zero-order valence-electron chi connectivity index (χ0n) is 11.7. The third-order valence-electron chi connectivity index (χ3n) is 5.55. The molecule has 1 saturated carbocycles. The first kappa shape index (κ1) is 13.1. The highest BCUT2D eigenvalue weighted by Crippen LogP contribution is 2.60. The van der Waals surface area contributed by atoms with Crippen LogP contribution in [0.5, 0.6) is 0 Å². The van der Waals surface area contributed by atoms with E-state index in [2.05, 4.69) is 20.8 Å². The molecule has 0 amide bonds. The Labute approximate surface area is 113 Å². The molecule has 2 aliphatic carbocycles. The number of rotatable bonds is 2. The van der Waals surface area contributed by atoms with E-state index in [1.165, 1.54) is 0 Å². The Morgan fingerprint density at radius 2 is 2.21 bits per heavy atom. The van der Waals surface area contributed by atoms with Crippen LogP contribution in [0.3, 0.4) is 0 Å². The van der Waals surface area contributed by atoms with Crippen molar-refractivity contribution in [3.63, 3.8) is 0 Å². The largest absolute Gasteiger partial charge is 0.462 e. The van der Waals surface area contributed by atoms with Gasteiger partial charge < -0.3 is 14.9 Å². The van der Waals surface area contributed by atoms with Gasteiger partial charge in [-0.05, 0) is 17.9 Å². The lowest BCUT2D eigenvalue weighted by molar-refractivity contribution is -0.144. The number of aliphatic hydroxyl groups is 2. The molecule has 3 rings (SSSR count). The molecular formula is C15H22O4. The molecule has 2 fully saturated rings. The molecule has 106 valence electrons. The van der Waals surface area contributed by atoms with Crippen LogP contribution >= 0.6 is 0 Å². The van der Waals surface area contributed by atoms with Crippen LogP contribution in [0.4, 0.5) is 0 Å². The van der Waals surface area contributed by atoms with Gasteiger partial charge in [-0.3, -0.25) is 4.79 Å². The van der Waals surface area contributed by atoms with Gasteiger partial charge in [0.15, 0.2) is 0 Å². The topological polar surface area (TPSA) is 66.8 Å². The van der Waals surface area contributed by atoms with Gasteiger partial charge in [0.25, 0.3) is 0 Å². The van der Waals surface area contributed by atoms with Crippen molar-refractivity contribution in [2.75, 3.05) is 6.61 Å². The quantitative estimate of drug-likeness (QED) is 0.580. The molecule has 19 heavy (non-hydrogen) atoms. The average molecular weight is 266 g/mol. The van der Waals surface area contributed by atoms with Crippen molar-refractivity contribution < 1.29 is 19.7 Å². The fraction of sp³-hybridized carbons (Fsp3) is 0.800. The maximum atomic E-state index is 12.2. The van der Waals surface area contributed by atoms with Crippen molar-refractivity contribution in [2.24, 2.45) is 29.1 Å². The van der Waals surface area contributed by atoms with Crippen LogP contribution in [-0.4, -0.2) is 35.0 Å². The summed E-state index contributed by atoms with van der Waals surface area (Å²) in [5, 5.41) is 19.8. The highest BCUT2D eigenvalue weighted by Gasteiger charge is 2.64. The van der Waals surface area contributed by atoms with E-state index in [0.29, 0.717) is 12.3 Å². The predicted octanol–water partition coefficient (Wildman–Crippen LogP) is 1.12. The molecule has 1 saturated heterocycles. The maximum absolute atomic E-state index is 12.2. The molecule has 0 aromatic heterocycles. The van der Waals surface area contributed by atoms with Crippen LogP contribution < -0.4 is 0 Å². The van der Waals surface area contributed by atoms with Crippen molar-refractivity contribution >= 4 is 5.97 Å². The number of esters is 1. The molecule has 2 bridgehead atoms. The standard InChI is InChI=1S/C15H22O4/c1-7(2)11-10-5-15(3)8(6-16)4-9(17)13(15)12(11)14(18)19-10/h4,7,9-13,16-17H,5-6H2,1-3H3/t9-,10-,11+,12-,13-,15-/m0/s1. The first-order valence-corrected chi connectivity index (χ1v) is 7.10. The van der Waals surface area contributed by atoms with E-state index >= 15 is 0 Å². The molecule has 1 aliphatic heterocycles. The van der Waals surface area contributed by atoms with Crippen molar-refractivity contribution in [3.8, 4) is 0 Å². The monoisotopic (exact) mass is 266 g/mol. The lowest BCUT2D eigenvalue weighted by atomic mass is 9.56. The van der Waals surface area contributed by atoms with Gasteiger partial charge in [0.05, 0.1) is 18.6 Å². The van der Waals surface area contributed by atoms with Crippen molar-refractivity contribution in [1.29, 1.82) is 0 Å². The highest BCUT2D eigenvalue weighted by atomic mass is 16.6. The number of fused-ring (bicyclic) bond motifs is 4. The van der Waals surface area contributed by atoms with E-state index in [9.17, 15) is 15.0 Å². The van der Waals surface area contributed by atoms with E-state index in [0.717, 1.165) is 5.57 Å². The number of carbonyl (C=O) groups is 1. The number of carbonyl (C=O) groups excluding carboxylic acids is 1. The molecule has 1 heterocycles. The molecule has 0 radical (unpaired) electrons. The summed E-state index contributed by atoms with van der Waals surface area (Å²) in [6.07, 6.45) is 1.74. The molecule has 0 spiro atoms. The van der Waals surface area contributed by atoms with Gasteiger partial charge in [-0.2, -0.15) is 0 Å². The summed E-state index contributed by atoms with van der Waals surface area (Å²) in [5.74, 6) is -0.000501. The van der Waals surface area contributed by atoms with Gasteiger partial charge in [-0.1, -0.05) is 26.8 Å². The fourth-order valence-corrected chi connectivity index (χ4v) is 4.72. The number of ether oxygens (including phenoxy) is 1. The SMILES string of the molecule is CC(C)[C@H]1[C@@H]2C(=O)O[C@H]1C[C@@]1(C)C(CO)=C[C@H](O)[C@@H]21. The van der Waals surface area contributed by atoms with Crippen LogP contribution in [0.25, 0.3) is 0 Å². The second-order valence-corrected chi connectivity index (χ2v) is 6.81. The molecule has 3 aliphatic rings. The number of hydrogen-bond donors (Lipinski definition) is 2. The Kier molecular flexibility index (Phi) is 2.81. The van der Waals surface area contributed by atoms with Gasteiger partial charge in [0, 0.05) is 17.3 Å². The number of aliphatic hydroxyl groups excluding tert-OH is 2. The molecule has 4 heteroatoms. The Morgan fingerprint density at radius 1 is 1.53 bits per heavy atom. The second-order valence-electron chi connectivity index (χ2n) is 6.81. The van der Waals surface area contributed by atoms with Crippen LogP contribution in [-0.2, 0) is 9.53 Å². The zero-order chi connectivity index (χ0) is 13.9. The minimum absolute atomic E-state index is 0.0516. The predicted molar refractivity (Wildman–Crippen MR) is 69.1 cm³/mol. The fourth-order valence-electron chi connectivity index (χ4n) is 4.72. The van der Waals surface area contributed by atoms with E-state index in [-0.39, 0.29) is 41.8 Å². The molecule has 0 aromatic rings. The van der Waals surface area contributed by atoms with Gasteiger partial charge in [0.1, 0.15) is 6.10 Å². The minimum atomic E-state index is -0.648. The third kappa shape index (κ3) is 1.56. The van der Waals surface area contributed by atoms with E-state index in [4.69, 9.17) is 4.74 Å². The summed E-state index contributed by atoms with van der Waals surface area (Å²) in [4.78, 5) is 12.2. The zero-order valence-corrected chi connectivity index (χ0v) is 11.7. The summed E-state index contributed by atoms with van der Waals surface area (Å²) in [7, 11) is 0. The normalized spacial score (nSPS) is 48.2. The summed E-state index contributed by atoms with van der Waals surface area (Å²) in [6.45, 7) is 6.21. The van der Waals surface area contributed by atoms with Crippen LogP contribution in [0.15, 0.2) is 11.6 Å². The summed E-state index contributed by atoms with van der Waals surface area (Å²) >= 11 is 0. The molecule has 6 atom stereocenters. The van der Waals surface area contributed by atoms with E-state index < -0.39 is 6.10 Å². The Bertz CT molecular complexity index is 441. The molecule has 2 N–H and O–H groups in total. The lowest BCUT2D eigenvalue weighted by Crippen LogP contribution is -2.49. The van der Waals surface area contributed by atoms with Crippen molar-refractivity contribution in [1.82, 2.24) is 0 Å². The Morgan fingerprint density at radius 3 is 2.79 bits per heavy atom. The molecular weight excluding hydrogens is 244 g/mol. The van der Waals surface area contributed by atoms with Crippen LogP contribution in [0.2, 0.25) is 0 Å². The number of hydrogen-bond acceptors (Lipinski definition) is 4. The molecule has 0 aromatic carbocycles. The van der Waals surface area contributed by atoms with Gasteiger partial charge in [-0.25, -0.2) is 0 Å². The lowest BCUT2D eigenvalue weighted by Gasteiger charge is -2.46. The summed E-state index contributed by atoms with van der Waals surface area (Å²) < 4.78 is 5.54. The second kappa shape index (κ2) is 4.06. The van der Waals surface area contributed by atoms with Crippen LogP contribution in [0, 0.1) is 29.1 Å². The summed E-state index contributed by atoms with van der Waals surface area (Å²) in [5.41, 5.74) is 0.557. The highest BCUT2D eigenvalue weighted by molar-refractivity contribution is 5.77. The Hall–Kier alpha value is -0.870. The minimum Gasteiger partial charge on any atom is -0.462 e. The Balaban J connectivity index is 2.04. The van der Waals surface area contributed by atoms with E-state index in [1.807, 2.05) is 0 Å². The molecule has 4 nitrogen and oxygen atoms in total. The van der Waals surface area contributed by atoms with Crippen molar-refractivity contribution in [3.05, 3.63) is 11.6 Å². The van der Waals surface area contributed by atoms with Gasteiger partial charge >= 0.3 is 5.97 Å². The average Bonchev–Trinajstić information content (AvgIpc) is 2.71. The van der Waals surface area contributed by atoms with E-state index in [1.54, 1.807) is 6.08 Å². The third-order valence-corrected chi connectivity index (χ3v) is 5.55. The van der Waals surface area contributed by atoms with Gasteiger partial charge in [0.2, 0.25) is 0 Å². The molecule has 0 unspecified atom stereocenters. The maximum Gasteiger partial charge on any atom is 0.310 e.